The quantitative estimate of drug-likeness (QED) is 0.884. The van der Waals surface area contributed by atoms with Gasteiger partial charge in [0, 0.05) is 23.6 Å². The summed E-state index contributed by atoms with van der Waals surface area (Å²) >= 11 is 0. The molecule has 0 amide bonds. The van der Waals surface area contributed by atoms with Gasteiger partial charge in [-0.25, -0.2) is 0 Å². The summed E-state index contributed by atoms with van der Waals surface area (Å²) in [6.45, 7) is 4.74. The van der Waals surface area contributed by atoms with Crippen LogP contribution in [0.15, 0.2) is 18.2 Å². The van der Waals surface area contributed by atoms with Gasteiger partial charge in [0.1, 0.15) is 5.75 Å². The average Bonchev–Trinajstić information content (AvgIpc) is 2.58. The van der Waals surface area contributed by atoms with Crippen LogP contribution in [-0.2, 0) is 11.2 Å². The fraction of sp³-hybridized carbons (Fsp3) is 0.476. The second kappa shape index (κ2) is 5.93. The molecule has 0 atom stereocenters. The average molecular weight is 362 g/mol. The summed E-state index contributed by atoms with van der Waals surface area (Å²) in [5.41, 5.74) is 4.24. The zero-order valence-corrected chi connectivity index (χ0v) is 15.4. The molecule has 0 radical (unpaired) electrons. The number of nitriles is 1. The van der Waals surface area contributed by atoms with Crippen LogP contribution in [0.3, 0.4) is 0 Å². The van der Waals surface area contributed by atoms with Crippen molar-refractivity contribution in [1.82, 2.24) is 10.2 Å². The van der Waals surface area contributed by atoms with Gasteiger partial charge >= 0.3 is 0 Å². The molecule has 0 unspecified atom stereocenters. The zero-order valence-electron chi connectivity index (χ0n) is 15.4. The van der Waals surface area contributed by atoms with Crippen LogP contribution >= 0.6 is 0 Å². The lowest BCUT2D eigenvalue weighted by molar-refractivity contribution is -0.163. The van der Waals surface area contributed by atoms with Gasteiger partial charge in [-0.1, -0.05) is 0 Å². The molecule has 138 valence electrons. The molecule has 1 saturated heterocycles. The molecule has 2 aliphatic heterocycles. The molecule has 3 aliphatic rings. The summed E-state index contributed by atoms with van der Waals surface area (Å²) in [4.78, 5) is 2.42. The van der Waals surface area contributed by atoms with Crippen LogP contribution in [0.1, 0.15) is 36.0 Å². The molecule has 2 aromatic rings. The maximum absolute atomic E-state index is 10.4. The van der Waals surface area contributed by atoms with Gasteiger partial charge in [0.2, 0.25) is 0 Å². The molecule has 1 spiro atoms. The predicted molar refractivity (Wildman–Crippen MR) is 101 cm³/mol. The molecule has 5 rings (SSSR count). The summed E-state index contributed by atoms with van der Waals surface area (Å²) in [6, 6.07) is 7.94. The molecule has 1 aromatic carbocycles. The van der Waals surface area contributed by atoms with Crippen molar-refractivity contribution in [2.24, 2.45) is 5.41 Å². The van der Waals surface area contributed by atoms with Crippen LogP contribution in [0.25, 0.3) is 11.3 Å². The monoisotopic (exact) mass is 362 g/mol. The van der Waals surface area contributed by atoms with Crippen molar-refractivity contribution in [3.05, 3.63) is 34.9 Å². The summed E-state index contributed by atoms with van der Waals surface area (Å²) in [5.74, 6) is 1.08. The first-order valence-electron chi connectivity index (χ1n) is 9.54. The highest BCUT2D eigenvalue weighted by Crippen LogP contribution is 2.50. The summed E-state index contributed by atoms with van der Waals surface area (Å²) < 4.78 is 5.40. The first kappa shape index (κ1) is 16.5. The fourth-order valence-electron chi connectivity index (χ4n) is 4.83. The number of hydrogen-bond acceptors (Lipinski definition) is 6. The van der Waals surface area contributed by atoms with Crippen molar-refractivity contribution in [3.63, 3.8) is 0 Å². The molecule has 1 saturated carbocycles. The minimum atomic E-state index is 0.0828. The number of phenolic OH excluding ortho intramolecular Hbond substituents is 1. The Hall–Kier alpha value is -2.65. The minimum Gasteiger partial charge on any atom is -0.507 e. The predicted octanol–water partition coefficient (Wildman–Crippen LogP) is 2.96. The van der Waals surface area contributed by atoms with Crippen LogP contribution in [-0.4, -0.2) is 41.1 Å². The zero-order chi connectivity index (χ0) is 18.6. The normalized spacial score (nSPS) is 20.5. The molecule has 6 heteroatoms. The lowest BCUT2D eigenvalue weighted by atomic mass is 9.63. The number of ether oxygens (including phenoxy) is 1. The minimum absolute atomic E-state index is 0.0828. The number of rotatable bonds is 2. The summed E-state index contributed by atoms with van der Waals surface area (Å²) in [6.07, 6.45) is 4.46. The van der Waals surface area contributed by atoms with E-state index in [1.165, 1.54) is 24.5 Å². The molecule has 6 nitrogen and oxygen atoms in total. The molecule has 1 aliphatic carbocycles. The van der Waals surface area contributed by atoms with Gasteiger partial charge in [0.25, 0.3) is 0 Å². The van der Waals surface area contributed by atoms with Gasteiger partial charge in [-0.3, -0.25) is 0 Å². The third-order valence-corrected chi connectivity index (χ3v) is 6.26. The van der Waals surface area contributed by atoms with E-state index in [1.54, 1.807) is 6.07 Å². The van der Waals surface area contributed by atoms with Crippen LogP contribution in [0.5, 0.6) is 5.75 Å². The Bertz CT molecular complexity index is 930. The highest BCUT2D eigenvalue weighted by atomic mass is 16.5. The van der Waals surface area contributed by atoms with E-state index in [4.69, 9.17) is 10.00 Å². The number of aromatic nitrogens is 2. The maximum atomic E-state index is 10.4. The van der Waals surface area contributed by atoms with E-state index in [9.17, 15) is 5.11 Å². The van der Waals surface area contributed by atoms with Gasteiger partial charge in [-0.2, -0.15) is 5.26 Å². The largest absolute Gasteiger partial charge is 0.507 e. The highest BCUT2D eigenvalue weighted by Gasteiger charge is 2.52. The van der Waals surface area contributed by atoms with Gasteiger partial charge in [-0.05, 0) is 61.9 Å². The van der Waals surface area contributed by atoms with Crippen LogP contribution in [0, 0.1) is 23.7 Å². The van der Waals surface area contributed by atoms with Gasteiger partial charge in [0.15, 0.2) is 5.82 Å². The molecular weight excluding hydrogens is 340 g/mol. The van der Waals surface area contributed by atoms with Crippen molar-refractivity contribution in [2.45, 2.75) is 38.6 Å². The number of aromatic hydroxyl groups is 1. The first-order chi connectivity index (χ1) is 13.1. The highest BCUT2D eigenvalue weighted by molar-refractivity contribution is 5.73. The Labute approximate surface area is 158 Å². The number of aryl methyl sites for hydroxylation is 2. The molecule has 3 heterocycles. The van der Waals surface area contributed by atoms with Crippen molar-refractivity contribution < 1.29 is 9.84 Å². The molecule has 27 heavy (non-hydrogen) atoms. The number of fused-ring (bicyclic) bond motifs is 1. The van der Waals surface area contributed by atoms with Crippen LogP contribution in [0.4, 0.5) is 5.82 Å². The van der Waals surface area contributed by atoms with Crippen molar-refractivity contribution in [2.75, 3.05) is 24.7 Å². The number of anilines is 1. The lowest BCUT2D eigenvalue weighted by Gasteiger charge is -2.57. The standard InChI is InChI=1S/C21H22N4O2/c1-13-5-14(10-22)6-18(26)19(13)17-7-15-3-2-4-25(20(15)24-23-17)16-8-21(9-16)11-27-12-21/h5-7,16,26H,2-4,8-9,11-12H2,1H3. The second-order valence-electron chi connectivity index (χ2n) is 8.23. The Morgan fingerprint density at radius 2 is 2.07 bits per heavy atom. The number of phenols is 1. The van der Waals surface area contributed by atoms with E-state index in [1.807, 2.05) is 6.92 Å². The van der Waals surface area contributed by atoms with E-state index < -0.39 is 0 Å². The smallest absolute Gasteiger partial charge is 0.154 e. The van der Waals surface area contributed by atoms with E-state index in [0.717, 1.165) is 44.0 Å². The van der Waals surface area contributed by atoms with Gasteiger partial charge in [0.05, 0.1) is 30.5 Å². The van der Waals surface area contributed by atoms with Gasteiger partial charge < -0.3 is 14.7 Å². The lowest BCUT2D eigenvalue weighted by Crippen LogP contribution is -2.60. The number of nitrogens with zero attached hydrogens (tertiary/aromatic N) is 4. The van der Waals surface area contributed by atoms with Crippen LogP contribution in [0.2, 0.25) is 0 Å². The molecule has 2 fully saturated rings. The number of hydrogen-bond donors (Lipinski definition) is 1. The van der Waals surface area contributed by atoms with E-state index in [2.05, 4.69) is 27.2 Å². The molecular formula is C21H22N4O2. The van der Waals surface area contributed by atoms with E-state index in [-0.39, 0.29) is 5.75 Å². The first-order valence-corrected chi connectivity index (χ1v) is 9.54. The van der Waals surface area contributed by atoms with Crippen LogP contribution < -0.4 is 4.90 Å². The molecule has 1 aromatic heterocycles. The third kappa shape index (κ3) is 2.57. The maximum Gasteiger partial charge on any atom is 0.154 e. The van der Waals surface area contributed by atoms with Crippen molar-refractivity contribution >= 4 is 5.82 Å². The van der Waals surface area contributed by atoms with E-state index >= 15 is 0 Å². The summed E-state index contributed by atoms with van der Waals surface area (Å²) in [7, 11) is 0. The SMILES string of the molecule is Cc1cc(C#N)cc(O)c1-c1cc2c(nn1)N(C1CC3(COC3)C1)CCC2. The molecule has 0 bridgehead atoms. The topological polar surface area (TPSA) is 82.3 Å². The Morgan fingerprint density at radius 3 is 2.74 bits per heavy atom. The van der Waals surface area contributed by atoms with Gasteiger partial charge in [-0.15, -0.1) is 10.2 Å². The fourth-order valence-corrected chi connectivity index (χ4v) is 4.83. The molecule has 1 N–H and O–H groups in total. The third-order valence-electron chi connectivity index (χ3n) is 6.26. The Balaban J connectivity index is 1.46. The second-order valence-corrected chi connectivity index (χ2v) is 8.23. The number of benzene rings is 1. The Morgan fingerprint density at radius 1 is 1.26 bits per heavy atom. The van der Waals surface area contributed by atoms with Crippen molar-refractivity contribution in [1.29, 1.82) is 5.26 Å². The summed E-state index contributed by atoms with van der Waals surface area (Å²) in [5, 5.41) is 28.5. The Kier molecular flexibility index (Phi) is 3.63. The van der Waals surface area contributed by atoms with Crippen molar-refractivity contribution in [3.8, 4) is 23.1 Å². The van der Waals surface area contributed by atoms with E-state index in [0.29, 0.717) is 28.3 Å².